The fraction of sp³-hybridized carbons (Fsp3) is 0.417. The van der Waals surface area contributed by atoms with Crippen molar-refractivity contribution in [2.24, 2.45) is 5.73 Å². The summed E-state index contributed by atoms with van der Waals surface area (Å²) in [6, 6.07) is 7.80. The first-order valence-corrected chi connectivity index (χ1v) is 5.95. The third-order valence-corrected chi connectivity index (χ3v) is 2.83. The molecule has 1 amide bonds. The van der Waals surface area contributed by atoms with E-state index in [4.69, 9.17) is 5.73 Å². The molecule has 0 unspecified atom stereocenters. The van der Waals surface area contributed by atoms with Crippen molar-refractivity contribution in [3.8, 4) is 0 Å². The Kier molecular flexibility index (Phi) is 4.10. The summed E-state index contributed by atoms with van der Waals surface area (Å²) in [4.78, 5) is 11.7. The van der Waals surface area contributed by atoms with Crippen LogP contribution in [-0.4, -0.2) is 11.4 Å². The Morgan fingerprint density at radius 2 is 1.88 bits per heavy atom. The van der Waals surface area contributed by atoms with Gasteiger partial charge in [-0.1, -0.05) is 28.1 Å². The monoisotopic (exact) mass is 284 g/mol. The minimum Gasteiger partial charge on any atom is -0.348 e. The summed E-state index contributed by atoms with van der Waals surface area (Å²) in [5, 5.41) is 2.88. The summed E-state index contributed by atoms with van der Waals surface area (Å²) in [6.45, 7) is 5.32. The van der Waals surface area contributed by atoms with Gasteiger partial charge in [0.1, 0.15) is 0 Å². The fourth-order valence-electron chi connectivity index (χ4n) is 1.22. The molecule has 4 heteroatoms. The smallest absolute Gasteiger partial charge is 0.239 e. The van der Waals surface area contributed by atoms with Gasteiger partial charge >= 0.3 is 0 Å². The first-order chi connectivity index (χ1) is 7.30. The molecule has 1 aromatic rings. The Morgan fingerprint density at radius 3 is 2.31 bits per heavy atom. The van der Waals surface area contributed by atoms with Crippen molar-refractivity contribution >= 4 is 21.8 Å². The number of amides is 1. The minimum absolute atomic E-state index is 0.0385. The Morgan fingerprint density at radius 1 is 1.38 bits per heavy atom. The molecule has 0 heterocycles. The normalized spacial score (nSPS) is 13.3. The highest BCUT2D eigenvalue weighted by Gasteiger charge is 2.23. The molecule has 0 spiro atoms. The summed E-state index contributed by atoms with van der Waals surface area (Å²) in [6.07, 6.45) is 0. The Balaban J connectivity index is 2.69. The van der Waals surface area contributed by atoms with Gasteiger partial charge in [0.05, 0.1) is 11.6 Å². The topological polar surface area (TPSA) is 55.1 Å². The molecule has 0 aromatic heterocycles. The molecule has 0 bridgehead atoms. The zero-order chi connectivity index (χ0) is 12.3. The van der Waals surface area contributed by atoms with Gasteiger partial charge in [-0.3, -0.25) is 4.79 Å². The average Bonchev–Trinajstić information content (AvgIpc) is 2.17. The lowest BCUT2D eigenvalue weighted by Gasteiger charge is -2.22. The van der Waals surface area contributed by atoms with Crippen LogP contribution in [0.15, 0.2) is 28.7 Å². The molecule has 16 heavy (non-hydrogen) atoms. The molecule has 1 rings (SSSR count). The van der Waals surface area contributed by atoms with Crippen molar-refractivity contribution < 1.29 is 4.79 Å². The van der Waals surface area contributed by atoms with Gasteiger partial charge in [-0.2, -0.15) is 0 Å². The average molecular weight is 285 g/mol. The van der Waals surface area contributed by atoms with E-state index in [1.54, 1.807) is 13.8 Å². The van der Waals surface area contributed by atoms with Crippen molar-refractivity contribution in [2.75, 3.05) is 0 Å². The van der Waals surface area contributed by atoms with Crippen molar-refractivity contribution in [1.29, 1.82) is 0 Å². The van der Waals surface area contributed by atoms with Gasteiger partial charge in [0.25, 0.3) is 0 Å². The van der Waals surface area contributed by atoms with Crippen LogP contribution in [-0.2, 0) is 4.79 Å². The molecule has 0 saturated carbocycles. The van der Waals surface area contributed by atoms with Crippen molar-refractivity contribution in [1.82, 2.24) is 5.32 Å². The maximum absolute atomic E-state index is 11.7. The number of nitrogens with one attached hydrogen (secondary N) is 1. The number of rotatable bonds is 3. The number of halogens is 1. The van der Waals surface area contributed by atoms with Crippen LogP contribution in [0.25, 0.3) is 0 Å². The molecule has 88 valence electrons. The summed E-state index contributed by atoms with van der Waals surface area (Å²) < 4.78 is 1.02. The lowest BCUT2D eigenvalue weighted by Crippen LogP contribution is -2.49. The van der Waals surface area contributed by atoms with Crippen LogP contribution >= 0.6 is 15.9 Å². The second kappa shape index (κ2) is 4.97. The summed E-state index contributed by atoms with van der Waals surface area (Å²) in [5.74, 6) is -0.150. The zero-order valence-corrected chi connectivity index (χ0v) is 11.3. The molecule has 0 aliphatic rings. The van der Waals surface area contributed by atoms with E-state index >= 15 is 0 Å². The molecule has 3 nitrogen and oxygen atoms in total. The third kappa shape index (κ3) is 3.61. The van der Waals surface area contributed by atoms with Gasteiger partial charge in [0.15, 0.2) is 0 Å². The van der Waals surface area contributed by atoms with E-state index in [-0.39, 0.29) is 11.9 Å². The zero-order valence-electron chi connectivity index (χ0n) is 9.75. The number of nitrogens with two attached hydrogens (primary N) is 1. The number of hydrogen-bond acceptors (Lipinski definition) is 2. The van der Waals surface area contributed by atoms with Crippen LogP contribution in [0.4, 0.5) is 0 Å². The van der Waals surface area contributed by atoms with Gasteiger partial charge in [-0.15, -0.1) is 0 Å². The van der Waals surface area contributed by atoms with E-state index in [1.807, 2.05) is 31.2 Å². The van der Waals surface area contributed by atoms with Crippen LogP contribution in [0.5, 0.6) is 0 Å². The molecule has 1 atom stereocenters. The molecular weight excluding hydrogens is 268 g/mol. The van der Waals surface area contributed by atoms with E-state index in [0.717, 1.165) is 10.0 Å². The van der Waals surface area contributed by atoms with Gasteiger partial charge < -0.3 is 11.1 Å². The maximum Gasteiger partial charge on any atom is 0.239 e. The molecule has 0 aliphatic heterocycles. The molecule has 0 saturated heterocycles. The maximum atomic E-state index is 11.7. The minimum atomic E-state index is -0.844. The Labute approximate surface area is 105 Å². The first kappa shape index (κ1) is 13.2. The lowest BCUT2D eigenvalue weighted by atomic mass is 10.0. The molecule has 1 aromatic carbocycles. The SMILES string of the molecule is C[C@H](NC(=O)C(C)(C)N)c1ccc(Br)cc1. The van der Waals surface area contributed by atoms with Crippen LogP contribution in [0, 0.1) is 0 Å². The van der Waals surface area contributed by atoms with Gasteiger partial charge in [-0.25, -0.2) is 0 Å². The predicted octanol–water partition coefficient (Wildman–Crippen LogP) is 2.36. The summed E-state index contributed by atoms with van der Waals surface area (Å²) in [7, 11) is 0. The number of hydrogen-bond donors (Lipinski definition) is 2. The van der Waals surface area contributed by atoms with Crippen LogP contribution in [0.2, 0.25) is 0 Å². The van der Waals surface area contributed by atoms with Gasteiger partial charge in [0, 0.05) is 4.47 Å². The quantitative estimate of drug-likeness (QED) is 0.895. The fourth-order valence-corrected chi connectivity index (χ4v) is 1.48. The van der Waals surface area contributed by atoms with Crippen molar-refractivity contribution in [3.63, 3.8) is 0 Å². The van der Waals surface area contributed by atoms with Gasteiger partial charge in [0.2, 0.25) is 5.91 Å². The first-order valence-electron chi connectivity index (χ1n) is 5.16. The van der Waals surface area contributed by atoms with Crippen LogP contribution < -0.4 is 11.1 Å². The van der Waals surface area contributed by atoms with E-state index in [9.17, 15) is 4.79 Å². The second-order valence-electron chi connectivity index (χ2n) is 4.47. The number of carbonyl (C=O) groups is 1. The Hall–Kier alpha value is -0.870. The van der Waals surface area contributed by atoms with E-state index in [0.29, 0.717) is 0 Å². The Bertz CT molecular complexity index is 368. The number of carbonyl (C=O) groups excluding carboxylic acids is 1. The van der Waals surface area contributed by atoms with Crippen molar-refractivity contribution in [3.05, 3.63) is 34.3 Å². The highest BCUT2D eigenvalue weighted by molar-refractivity contribution is 9.10. The second-order valence-corrected chi connectivity index (χ2v) is 5.38. The highest BCUT2D eigenvalue weighted by atomic mass is 79.9. The number of benzene rings is 1. The summed E-state index contributed by atoms with van der Waals surface area (Å²) >= 11 is 3.37. The van der Waals surface area contributed by atoms with Gasteiger partial charge in [-0.05, 0) is 38.5 Å². The summed E-state index contributed by atoms with van der Waals surface area (Å²) in [5.41, 5.74) is 5.92. The molecule has 0 aliphatic carbocycles. The highest BCUT2D eigenvalue weighted by Crippen LogP contribution is 2.16. The molecule has 0 radical (unpaired) electrons. The van der Waals surface area contributed by atoms with E-state index < -0.39 is 5.54 Å². The van der Waals surface area contributed by atoms with E-state index in [2.05, 4.69) is 21.2 Å². The largest absolute Gasteiger partial charge is 0.348 e. The van der Waals surface area contributed by atoms with E-state index in [1.165, 1.54) is 0 Å². The predicted molar refractivity (Wildman–Crippen MR) is 69.0 cm³/mol. The van der Waals surface area contributed by atoms with Crippen LogP contribution in [0.3, 0.4) is 0 Å². The van der Waals surface area contributed by atoms with Crippen molar-refractivity contribution in [2.45, 2.75) is 32.4 Å². The molecule has 0 fully saturated rings. The third-order valence-electron chi connectivity index (χ3n) is 2.30. The van der Waals surface area contributed by atoms with Crippen LogP contribution in [0.1, 0.15) is 32.4 Å². The standard InChI is InChI=1S/C12H17BrN2O/c1-8(15-11(16)12(2,3)14)9-4-6-10(13)7-5-9/h4-8H,14H2,1-3H3,(H,15,16)/t8-/m0/s1. The molecular formula is C12H17BrN2O. The molecule has 3 N–H and O–H groups in total. The lowest BCUT2D eigenvalue weighted by molar-refractivity contribution is -0.125.